The first-order valence-corrected chi connectivity index (χ1v) is 9.19. The second kappa shape index (κ2) is 8.26. The molecule has 4 nitrogen and oxygen atoms in total. The van der Waals surface area contributed by atoms with Crippen molar-refractivity contribution in [2.75, 3.05) is 5.32 Å². The number of nitrogens with one attached hydrogen (secondary N) is 1. The van der Waals surface area contributed by atoms with E-state index in [1.165, 1.54) is 6.08 Å². The van der Waals surface area contributed by atoms with Crippen molar-refractivity contribution in [3.8, 4) is 17.4 Å². The van der Waals surface area contributed by atoms with Crippen molar-refractivity contribution in [3.05, 3.63) is 81.0 Å². The Kier molecular flexibility index (Phi) is 5.80. The minimum absolute atomic E-state index is 0.0482. The van der Waals surface area contributed by atoms with Crippen LogP contribution in [-0.4, -0.2) is 5.91 Å². The maximum atomic E-state index is 12.4. The van der Waals surface area contributed by atoms with Gasteiger partial charge in [-0.2, -0.15) is 5.26 Å². The molecule has 1 heterocycles. The number of hydrogen-bond acceptors (Lipinski definition) is 3. The molecule has 27 heavy (non-hydrogen) atoms. The van der Waals surface area contributed by atoms with Crippen LogP contribution in [0, 0.1) is 18.3 Å². The van der Waals surface area contributed by atoms with Crippen molar-refractivity contribution in [2.24, 2.45) is 0 Å². The van der Waals surface area contributed by atoms with Gasteiger partial charge in [0.05, 0.1) is 5.02 Å². The van der Waals surface area contributed by atoms with Gasteiger partial charge in [-0.15, -0.1) is 0 Å². The fourth-order valence-corrected chi connectivity index (χ4v) is 2.86. The monoisotopic (exact) mass is 440 g/mol. The van der Waals surface area contributed by atoms with Gasteiger partial charge in [-0.25, -0.2) is 0 Å². The second-order valence-corrected chi connectivity index (χ2v) is 7.03. The summed E-state index contributed by atoms with van der Waals surface area (Å²) in [5.74, 6) is 0.504. The molecule has 1 N–H and O–H groups in total. The van der Waals surface area contributed by atoms with Gasteiger partial charge in [-0.05, 0) is 58.7 Å². The summed E-state index contributed by atoms with van der Waals surface area (Å²) < 4.78 is 6.53. The van der Waals surface area contributed by atoms with Crippen molar-refractivity contribution < 1.29 is 9.21 Å². The summed E-state index contributed by atoms with van der Waals surface area (Å²) in [6.45, 7) is 1.88. The molecule has 0 aliphatic carbocycles. The summed E-state index contributed by atoms with van der Waals surface area (Å²) in [4.78, 5) is 12.4. The molecular weight excluding hydrogens is 428 g/mol. The van der Waals surface area contributed by atoms with E-state index in [0.29, 0.717) is 22.2 Å². The maximum absolute atomic E-state index is 12.4. The topological polar surface area (TPSA) is 66.0 Å². The van der Waals surface area contributed by atoms with Gasteiger partial charge in [0.15, 0.2) is 0 Å². The number of nitrogens with zero attached hydrogens (tertiary/aromatic N) is 1. The molecule has 0 saturated heterocycles. The quantitative estimate of drug-likeness (QED) is 0.386. The fraction of sp³-hybridized carbons (Fsp3) is 0.0476. The van der Waals surface area contributed by atoms with Crippen LogP contribution in [-0.2, 0) is 4.79 Å². The average Bonchev–Trinajstić information content (AvgIpc) is 3.12. The number of benzene rings is 2. The Labute approximate surface area is 170 Å². The van der Waals surface area contributed by atoms with E-state index in [0.717, 1.165) is 15.6 Å². The number of halogens is 2. The van der Waals surface area contributed by atoms with Crippen molar-refractivity contribution in [1.29, 1.82) is 5.26 Å². The molecule has 3 rings (SSSR count). The van der Waals surface area contributed by atoms with Gasteiger partial charge < -0.3 is 9.73 Å². The predicted molar refractivity (Wildman–Crippen MR) is 110 cm³/mol. The molecule has 0 bridgehead atoms. The number of para-hydroxylation sites is 1. The molecule has 0 spiro atoms. The molecule has 1 amide bonds. The largest absolute Gasteiger partial charge is 0.457 e. The number of carbonyl (C=O) groups is 1. The van der Waals surface area contributed by atoms with Crippen molar-refractivity contribution in [3.63, 3.8) is 0 Å². The van der Waals surface area contributed by atoms with E-state index in [9.17, 15) is 10.1 Å². The van der Waals surface area contributed by atoms with E-state index in [1.54, 1.807) is 24.3 Å². The smallest absolute Gasteiger partial charge is 0.266 e. The van der Waals surface area contributed by atoms with Crippen LogP contribution in [0.5, 0.6) is 0 Å². The van der Waals surface area contributed by atoms with Crippen molar-refractivity contribution >= 4 is 45.2 Å². The standard InChI is InChI=1S/C21H14BrClN2O2/c1-13-4-2-3-5-19(13)25-21(26)15(12-24)10-16-7-9-20(27-16)14-6-8-17(22)18(23)11-14/h2-11H,1H3,(H,25,26)/b15-10-. The Balaban J connectivity index is 1.83. The van der Waals surface area contributed by atoms with Gasteiger partial charge in [-0.1, -0.05) is 35.9 Å². The first-order valence-electron chi connectivity index (χ1n) is 8.02. The number of carbonyl (C=O) groups excluding carboxylic acids is 1. The molecule has 0 aliphatic heterocycles. The SMILES string of the molecule is Cc1ccccc1NC(=O)/C(C#N)=C\c1ccc(-c2ccc(Br)c(Cl)c2)o1. The van der Waals surface area contributed by atoms with Crippen molar-refractivity contribution in [2.45, 2.75) is 6.92 Å². The van der Waals surface area contributed by atoms with Crippen LogP contribution in [0.4, 0.5) is 5.69 Å². The molecule has 0 atom stereocenters. The molecule has 0 unspecified atom stereocenters. The lowest BCUT2D eigenvalue weighted by Gasteiger charge is -2.06. The Morgan fingerprint density at radius 2 is 2.00 bits per heavy atom. The summed E-state index contributed by atoms with van der Waals surface area (Å²) in [6.07, 6.45) is 1.41. The minimum Gasteiger partial charge on any atom is -0.457 e. The molecule has 2 aromatic carbocycles. The lowest BCUT2D eigenvalue weighted by atomic mass is 10.1. The number of nitriles is 1. The zero-order chi connectivity index (χ0) is 19.4. The third kappa shape index (κ3) is 4.48. The number of aryl methyl sites for hydroxylation is 1. The van der Waals surface area contributed by atoms with Crippen LogP contribution in [0.25, 0.3) is 17.4 Å². The van der Waals surface area contributed by atoms with Crippen LogP contribution in [0.1, 0.15) is 11.3 Å². The molecular formula is C21H14BrClN2O2. The first kappa shape index (κ1) is 19.0. The van der Waals surface area contributed by atoms with Gasteiger partial charge in [0.25, 0.3) is 5.91 Å². The molecule has 0 radical (unpaired) electrons. The van der Waals surface area contributed by atoms with Gasteiger partial charge >= 0.3 is 0 Å². The van der Waals surface area contributed by atoms with Gasteiger partial charge in [0, 0.05) is 21.8 Å². The average molecular weight is 442 g/mol. The summed E-state index contributed by atoms with van der Waals surface area (Å²) >= 11 is 9.46. The highest BCUT2D eigenvalue weighted by molar-refractivity contribution is 9.10. The third-order valence-electron chi connectivity index (χ3n) is 3.88. The van der Waals surface area contributed by atoms with E-state index < -0.39 is 5.91 Å². The Bertz CT molecular complexity index is 1080. The third-order valence-corrected chi connectivity index (χ3v) is 5.11. The normalized spacial score (nSPS) is 11.1. The van der Waals surface area contributed by atoms with Crippen LogP contribution in [0.2, 0.25) is 5.02 Å². The summed E-state index contributed by atoms with van der Waals surface area (Å²) in [7, 11) is 0. The van der Waals surface area contributed by atoms with E-state index in [2.05, 4.69) is 21.2 Å². The summed E-state index contributed by atoms with van der Waals surface area (Å²) in [5, 5.41) is 12.7. The zero-order valence-electron chi connectivity index (χ0n) is 14.3. The van der Waals surface area contributed by atoms with E-state index >= 15 is 0 Å². The lowest BCUT2D eigenvalue weighted by molar-refractivity contribution is -0.112. The number of furan rings is 1. The maximum Gasteiger partial charge on any atom is 0.266 e. The number of hydrogen-bond donors (Lipinski definition) is 1. The van der Waals surface area contributed by atoms with Crippen LogP contribution >= 0.6 is 27.5 Å². The lowest BCUT2D eigenvalue weighted by Crippen LogP contribution is -2.14. The minimum atomic E-state index is -0.489. The highest BCUT2D eigenvalue weighted by Crippen LogP contribution is 2.30. The molecule has 3 aromatic rings. The van der Waals surface area contributed by atoms with E-state index in [4.69, 9.17) is 16.0 Å². The summed E-state index contributed by atoms with van der Waals surface area (Å²) in [5.41, 5.74) is 2.32. The molecule has 1 aromatic heterocycles. The Morgan fingerprint density at radius 3 is 2.70 bits per heavy atom. The highest BCUT2D eigenvalue weighted by atomic mass is 79.9. The molecule has 0 fully saturated rings. The van der Waals surface area contributed by atoms with E-state index in [1.807, 2.05) is 43.3 Å². The zero-order valence-corrected chi connectivity index (χ0v) is 16.6. The van der Waals surface area contributed by atoms with Gasteiger partial charge in [0.1, 0.15) is 23.2 Å². The molecule has 0 aliphatic rings. The van der Waals surface area contributed by atoms with Gasteiger partial charge in [0.2, 0.25) is 0 Å². The molecule has 0 saturated carbocycles. The first-order chi connectivity index (χ1) is 13.0. The van der Waals surface area contributed by atoms with E-state index in [-0.39, 0.29) is 5.57 Å². The second-order valence-electron chi connectivity index (χ2n) is 5.77. The van der Waals surface area contributed by atoms with Crippen LogP contribution < -0.4 is 5.32 Å². The van der Waals surface area contributed by atoms with Crippen LogP contribution in [0.3, 0.4) is 0 Å². The highest BCUT2D eigenvalue weighted by Gasteiger charge is 2.12. The molecule has 134 valence electrons. The predicted octanol–water partition coefficient (Wildman–Crippen LogP) is 6.22. The van der Waals surface area contributed by atoms with Crippen LogP contribution in [0.15, 0.2) is 69.1 Å². The van der Waals surface area contributed by atoms with Gasteiger partial charge in [-0.3, -0.25) is 4.79 Å². The Morgan fingerprint density at radius 1 is 1.22 bits per heavy atom. The number of amides is 1. The molecule has 6 heteroatoms. The number of rotatable bonds is 4. The Hall–Kier alpha value is -2.81. The van der Waals surface area contributed by atoms with Crippen molar-refractivity contribution in [1.82, 2.24) is 0 Å². The fourth-order valence-electron chi connectivity index (χ4n) is 2.43. The number of anilines is 1. The summed E-state index contributed by atoms with van der Waals surface area (Å²) in [6, 6.07) is 18.2.